The van der Waals surface area contributed by atoms with Crippen molar-refractivity contribution in [2.24, 2.45) is 0 Å². The predicted octanol–water partition coefficient (Wildman–Crippen LogP) is 0.297. The molecule has 2 amide bonds. The van der Waals surface area contributed by atoms with Gasteiger partial charge in [-0.3, -0.25) is 9.59 Å². The first-order chi connectivity index (χ1) is 12.7. The minimum atomic E-state index is -1.17. The Kier molecular flexibility index (Phi) is 6.93. The number of rotatable bonds is 7. The zero-order chi connectivity index (χ0) is 20.0. The topological polar surface area (TPSA) is 106 Å². The molecule has 0 spiro atoms. The lowest BCUT2D eigenvalue weighted by Gasteiger charge is -2.28. The molecule has 2 rings (SSSR count). The SMILES string of the molecule is COC1C=CC(NC(=O)CC(C)(C)NCC(=O)N2C[C@@H](F)C[C@H]2C#N)=CN1. The molecule has 0 aromatic carbocycles. The third-order valence-electron chi connectivity index (χ3n) is 4.43. The van der Waals surface area contributed by atoms with Gasteiger partial charge in [-0.1, -0.05) is 0 Å². The summed E-state index contributed by atoms with van der Waals surface area (Å²) < 4.78 is 18.5. The molecular formula is C18H26FN5O3. The van der Waals surface area contributed by atoms with Gasteiger partial charge in [0.15, 0.2) is 0 Å². The second kappa shape index (κ2) is 8.97. The first-order valence-corrected chi connectivity index (χ1v) is 8.79. The molecule has 2 heterocycles. The maximum atomic E-state index is 13.4. The Balaban J connectivity index is 1.80. The summed E-state index contributed by atoms with van der Waals surface area (Å²) in [6.45, 7) is 3.47. The summed E-state index contributed by atoms with van der Waals surface area (Å²) in [4.78, 5) is 25.8. The van der Waals surface area contributed by atoms with Crippen molar-refractivity contribution in [3.05, 3.63) is 24.0 Å². The van der Waals surface area contributed by atoms with Crippen molar-refractivity contribution < 1.29 is 18.7 Å². The van der Waals surface area contributed by atoms with Crippen molar-refractivity contribution in [2.75, 3.05) is 20.2 Å². The minimum Gasteiger partial charge on any atom is -0.361 e. The Hall–Kier alpha value is -2.44. The molecule has 0 radical (unpaired) electrons. The highest BCUT2D eigenvalue weighted by Crippen LogP contribution is 2.20. The fourth-order valence-corrected chi connectivity index (χ4v) is 2.96. The monoisotopic (exact) mass is 379 g/mol. The normalized spacial score (nSPS) is 24.8. The van der Waals surface area contributed by atoms with Crippen LogP contribution in [-0.2, 0) is 14.3 Å². The van der Waals surface area contributed by atoms with Crippen LogP contribution in [-0.4, -0.2) is 60.9 Å². The number of halogens is 1. The van der Waals surface area contributed by atoms with E-state index in [-0.39, 0.29) is 44.0 Å². The molecule has 0 aromatic rings. The second-order valence-corrected chi connectivity index (χ2v) is 7.27. The average Bonchev–Trinajstić information content (AvgIpc) is 3.01. The lowest BCUT2D eigenvalue weighted by atomic mass is 10.00. The number of alkyl halides is 1. The number of methoxy groups -OCH3 is 1. The second-order valence-electron chi connectivity index (χ2n) is 7.27. The Morgan fingerprint density at radius 2 is 2.26 bits per heavy atom. The van der Waals surface area contributed by atoms with Crippen LogP contribution >= 0.6 is 0 Å². The summed E-state index contributed by atoms with van der Waals surface area (Å²) in [6.07, 6.45) is 3.97. The number of allylic oxidation sites excluding steroid dienone is 1. The van der Waals surface area contributed by atoms with Gasteiger partial charge in [-0.2, -0.15) is 5.26 Å². The summed E-state index contributed by atoms with van der Waals surface area (Å²) in [7, 11) is 1.57. The Morgan fingerprint density at radius 1 is 1.52 bits per heavy atom. The number of amides is 2. The number of carbonyl (C=O) groups is 2. The smallest absolute Gasteiger partial charge is 0.237 e. The number of hydrogen-bond acceptors (Lipinski definition) is 6. The van der Waals surface area contributed by atoms with Crippen LogP contribution in [0.15, 0.2) is 24.0 Å². The number of carbonyl (C=O) groups excluding carboxylic acids is 2. The molecule has 0 bridgehead atoms. The molecule has 9 heteroatoms. The van der Waals surface area contributed by atoms with Gasteiger partial charge < -0.3 is 25.6 Å². The van der Waals surface area contributed by atoms with Crippen LogP contribution in [0, 0.1) is 11.3 Å². The number of hydrogen-bond donors (Lipinski definition) is 3. The summed E-state index contributed by atoms with van der Waals surface area (Å²) >= 11 is 0. The molecule has 0 saturated carbocycles. The van der Waals surface area contributed by atoms with Gasteiger partial charge in [0.25, 0.3) is 0 Å². The minimum absolute atomic E-state index is 0.0502. The lowest BCUT2D eigenvalue weighted by molar-refractivity contribution is -0.131. The molecule has 1 saturated heterocycles. The van der Waals surface area contributed by atoms with Gasteiger partial charge in [0.05, 0.1) is 24.9 Å². The maximum Gasteiger partial charge on any atom is 0.237 e. The first-order valence-electron chi connectivity index (χ1n) is 8.79. The number of ether oxygens (including phenoxy) is 1. The number of dihydropyridines is 1. The fourth-order valence-electron chi connectivity index (χ4n) is 2.96. The highest BCUT2D eigenvalue weighted by Gasteiger charge is 2.35. The van der Waals surface area contributed by atoms with E-state index in [4.69, 9.17) is 10.00 Å². The van der Waals surface area contributed by atoms with E-state index in [0.29, 0.717) is 5.70 Å². The van der Waals surface area contributed by atoms with E-state index in [1.54, 1.807) is 39.3 Å². The Bertz CT molecular complexity index is 670. The Morgan fingerprint density at radius 3 is 2.85 bits per heavy atom. The van der Waals surface area contributed by atoms with Crippen LogP contribution in [0.4, 0.5) is 4.39 Å². The summed E-state index contributed by atoms with van der Waals surface area (Å²) in [5.41, 5.74) is -0.0406. The van der Waals surface area contributed by atoms with Gasteiger partial charge in [0.1, 0.15) is 18.4 Å². The molecule has 148 valence electrons. The van der Waals surface area contributed by atoms with Crippen molar-refractivity contribution in [1.29, 1.82) is 5.26 Å². The van der Waals surface area contributed by atoms with Gasteiger partial charge in [0, 0.05) is 31.7 Å². The van der Waals surface area contributed by atoms with Crippen LogP contribution in [0.1, 0.15) is 26.7 Å². The lowest BCUT2D eigenvalue weighted by Crippen LogP contribution is -2.49. The summed E-state index contributed by atoms with van der Waals surface area (Å²) in [5, 5.41) is 17.8. The van der Waals surface area contributed by atoms with Crippen LogP contribution in [0.2, 0.25) is 0 Å². The van der Waals surface area contributed by atoms with E-state index in [1.807, 2.05) is 6.07 Å². The van der Waals surface area contributed by atoms with Crippen molar-refractivity contribution >= 4 is 11.8 Å². The van der Waals surface area contributed by atoms with E-state index < -0.39 is 17.8 Å². The zero-order valence-electron chi connectivity index (χ0n) is 15.8. The third-order valence-corrected chi connectivity index (χ3v) is 4.43. The van der Waals surface area contributed by atoms with E-state index in [1.165, 1.54) is 4.90 Å². The van der Waals surface area contributed by atoms with E-state index in [9.17, 15) is 14.0 Å². The van der Waals surface area contributed by atoms with E-state index in [2.05, 4.69) is 16.0 Å². The van der Waals surface area contributed by atoms with E-state index in [0.717, 1.165) is 0 Å². The molecular weight excluding hydrogens is 353 g/mol. The molecule has 0 aliphatic carbocycles. The van der Waals surface area contributed by atoms with Crippen LogP contribution in [0.3, 0.4) is 0 Å². The van der Waals surface area contributed by atoms with Crippen molar-refractivity contribution in [2.45, 2.75) is 50.7 Å². The van der Waals surface area contributed by atoms with Crippen molar-refractivity contribution in [3.8, 4) is 6.07 Å². The number of nitrogens with zero attached hydrogens (tertiary/aromatic N) is 2. The third kappa shape index (κ3) is 6.05. The van der Waals surface area contributed by atoms with E-state index >= 15 is 0 Å². The molecule has 27 heavy (non-hydrogen) atoms. The highest BCUT2D eigenvalue weighted by molar-refractivity contribution is 5.81. The average molecular weight is 379 g/mol. The molecule has 1 fully saturated rings. The number of nitrogens with one attached hydrogen (secondary N) is 3. The zero-order valence-corrected chi connectivity index (χ0v) is 15.8. The molecule has 3 N–H and O–H groups in total. The summed E-state index contributed by atoms with van der Waals surface area (Å²) in [6, 6.07) is 1.23. The summed E-state index contributed by atoms with van der Waals surface area (Å²) in [5.74, 6) is -0.559. The maximum absolute atomic E-state index is 13.4. The van der Waals surface area contributed by atoms with Crippen molar-refractivity contribution in [1.82, 2.24) is 20.9 Å². The van der Waals surface area contributed by atoms with Gasteiger partial charge in [-0.15, -0.1) is 0 Å². The number of nitriles is 1. The van der Waals surface area contributed by atoms with Gasteiger partial charge in [-0.25, -0.2) is 4.39 Å². The molecule has 1 unspecified atom stereocenters. The number of likely N-dealkylation sites (tertiary alicyclic amines) is 1. The molecule has 0 aromatic heterocycles. The van der Waals surface area contributed by atoms with Crippen LogP contribution < -0.4 is 16.0 Å². The van der Waals surface area contributed by atoms with Crippen LogP contribution in [0.5, 0.6) is 0 Å². The van der Waals surface area contributed by atoms with Gasteiger partial charge in [0.2, 0.25) is 11.8 Å². The quantitative estimate of drug-likeness (QED) is 0.587. The predicted molar refractivity (Wildman–Crippen MR) is 96.6 cm³/mol. The molecule has 2 aliphatic heterocycles. The standard InChI is InChI=1S/C18H26FN5O3/c1-18(2,7-15(25)23-13-4-5-16(27-3)21-9-13)22-10-17(26)24-11-12(19)6-14(24)8-20/h4-5,9,12,14,16,21-22H,6-7,10-11H2,1-3H3,(H,23,25)/t12-,14-,16?/m0/s1. The van der Waals surface area contributed by atoms with Gasteiger partial charge >= 0.3 is 0 Å². The fraction of sp³-hybridized carbons (Fsp3) is 0.611. The van der Waals surface area contributed by atoms with Crippen molar-refractivity contribution in [3.63, 3.8) is 0 Å². The largest absolute Gasteiger partial charge is 0.361 e. The van der Waals surface area contributed by atoms with Crippen LogP contribution in [0.25, 0.3) is 0 Å². The highest BCUT2D eigenvalue weighted by atomic mass is 19.1. The molecule has 2 aliphatic rings. The molecule has 3 atom stereocenters. The Labute approximate surface area is 158 Å². The van der Waals surface area contributed by atoms with Gasteiger partial charge in [-0.05, 0) is 26.0 Å². The molecule has 8 nitrogen and oxygen atoms in total. The first kappa shape index (κ1) is 20.9.